The number of rotatable bonds is 6. The van der Waals surface area contributed by atoms with Gasteiger partial charge in [-0.1, -0.05) is 42.5 Å². The van der Waals surface area contributed by atoms with Crippen LogP contribution in [0.5, 0.6) is 5.75 Å². The second kappa shape index (κ2) is 9.08. The first-order valence-corrected chi connectivity index (χ1v) is 11.8. The van der Waals surface area contributed by atoms with Crippen LogP contribution in [-0.4, -0.2) is 44.1 Å². The second-order valence-electron chi connectivity index (χ2n) is 6.96. The minimum atomic E-state index is -4.05. The molecule has 1 heterocycles. The highest BCUT2D eigenvalue weighted by molar-refractivity contribution is 8.18. The van der Waals surface area contributed by atoms with Crippen LogP contribution in [0.25, 0.3) is 16.8 Å². The van der Waals surface area contributed by atoms with Gasteiger partial charge >= 0.3 is 16.1 Å². The topological polar surface area (TPSA) is 107 Å². The molecule has 0 bridgehead atoms. The van der Waals surface area contributed by atoms with Crippen molar-refractivity contribution < 1.29 is 31.7 Å². The van der Waals surface area contributed by atoms with Gasteiger partial charge in [-0.05, 0) is 58.4 Å². The molecule has 1 saturated heterocycles. The van der Waals surface area contributed by atoms with Gasteiger partial charge in [0.15, 0.2) is 0 Å². The maximum Gasteiger partial charge on any atom is 0.339 e. The fourth-order valence-electron chi connectivity index (χ4n) is 3.10. The molecular formula is C23H17NO7S2. The number of thioether (sulfide) groups is 1. The maximum absolute atomic E-state index is 12.7. The van der Waals surface area contributed by atoms with Crippen LogP contribution < -0.4 is 4.18 Å². The van der Waals surface area contributed by atoms with Gasteiger partial charge in [0.1, 0.15) is 17.2 Å². The number of fused-ring (bicyclic) bond motifs is 1. The van der Waals surface area contributed by atoms with Crippen LogP contribution in [0.15, 0.2) is 76.5 Å². The molecule has 1 aliphatic heterocycles. The van der Waals surface area contributed by atoms with E-state index in [0.717, 1.165) is 15.7 Å². The van der Waals surface area contributed by atoms with Crippen molar-refractivity contribution in [3.05, 3.63) is 77.2 Å². The number of benzene rings is 3. The smallest absolute Gasteiger partial charge is 0.339 e. The molecule has 10 heteroatoms. The van der Waals surface area contributed by atoms with Crippen molar-refractivity contribution in [1.82, 2.24) is 4.90 Å². The molecule has 0 radical (unpaired) electrons. The van der Waals surface area contributed by atoms with Crippen LogP contribution in [0.2, 0.25) is 0 Å². The van der Waals surface area contributed by atoms with Gasteiger partial charge in [-0.25, -0.2) is 0 Å². The van der Waals surface area contributed by atoms with Gasteiger partial charge in [0.25, 0.3) is 11.1 Å². The zero-order chi connectivity index (χ0) is 23.6. The van der Waals surface area contributed by atoms with Gasteiger partial charge in [0.05, 0.1) is 12.0 Å². The lowest BCUT2D eigenvalue weighted by Crippen LogP contribution is -2.34. The zero-order valence-corrected chi connectivity index (χ0v) is 18.9. The third-order valence-electron chi connectivity index (χ3n) is 4.78. The monoisotopic (exact) mass is 483 g/mol. The fourth-order valence-corrected chi connectivity index (χ4v) is 4.90. The summed E-state index contributed by atoms with van der Waals surface area (Å²) in [6, 6.07) is 18.1. The molecule has 0 atom stereocenters. The molecule has 1 fully saturated rings. The number of esters is 1. The summed E-state index contributed by atoms with van der Waals surface area (Å²) in [5.41, 5.74) is 0.550. The molecule has 33 heavy (non-hydrogen) atoms. The van der Waals surface area contributed by atoms with Crippen LogP contribution in [0, 0.1) is 0 Å². The molecule has 0 aliphatic carbocycles. The van der Waals surface area contributed by atoms with Crippen molar-refractivity contribution >= 4 is 55.8 Å². The third kappa shape index (κ3) is 4.91. The Labute approximate surface area is 193 Å². The van der Waals surface area contributed by atoms with Crippen LogP contribution in [-0.2, 0) is 24.4 Å². The van der Waals surface area contributed by atoms with Gasteiger partial charge < -0.3 is 8.92 Å². The van der Waals surface area contributed by atoms with Crippen LogP contribution in [0.1, 0.15) is 5.56 Å². The molecule has 0 saturated carbocycles. The van der Waals surface area contributed by atoms with E-state index in [4.69, 9.17) is 4.18 Å². The minimum Gasteiger partial charge on any atom is -0.468 e. The Hall–Kier alpha value is -3.63. The van der Waals surface area contributed by atoms with E-state index in [1.54, 1.807) is 24.3 Å². The Morgan fingerprint density at radius 3 is 2.39 bits per heavy atom. The first-order valence-electron chi connectivity index (χ1n) is 9.62. The first-order chi connectivity index (χ1) is 15.8. The SMILES string of the molecule is COC(=O)CN1C(=O)S/C(=C\c2ccc(OS(=O)(=O)c3ccc4ccccc4c3)cc2)C1=O. The van der Waals surface area contributed by atoms with E-state index in [9.17, 15) is 22.8 Å². The standard InChI is InChI=1S/C23H17NO7S2/c1-30-21(25)14-24-22(26)20(32-23(24)27)12-15-6-9-18(10-7-15)31-33(28,29)19-11-8-16-4-2-3-5-17(16)13-19/h2-13H,14H2,1H3/b20-12-. The molecule has 8 nitrogen and oxygen atoms in total. The molecule has 2 amide bonds. The molecule has 3 aromatic rings. The van der Waals surface area contributed by atoms with E-state index in [-0.39, 0.29) is 15.6 Å². The Bertz CT molecular complexity index is 1400. The number of ether oxygens (including phenoxy) is 1. The summed E-state index contributed by atoms with van der Waals surface area (Å²) in [6.07, 6.45) is 1.48. The van der Waals surface area contributed by atoms with Crippen LogP contribution >= 0.6 is 11.8 Å². The Balaban J connectivity index is 1.49. The predicted octanol–water partition coefficient (Wildman–Crippen LogP) is 3.82. The molecule has 0 unspecified atom stereocenters. The number of carbonyl (C=O) groups is 3. The highest BCUT2D eigenvalue weighted by Gasteiger charge is 2.36. The number of nitrogens with zero attached hydrogens (tertiary/aromatic N) is 1. The first kappa shape index (κ1) is 22.6. The number of carbonyl (C=O) groups excluding carboxylic acids is 3. The van der Waals surface area contributed by atoms with Crippen molar-refractivity contribution in [1.29, 1.82) is 0 Å². The molecule has 0 spiro atoms. The predicted molar refractivity (Wildman–Crippen MR) is 123 cm³/mol. The minimum absolute atomic E-state index is 0.0320. The molecule has 168 valence electrons. The fraction of sp³-hybridized carbons (Fsp3) is 0.0870. The lowest BCUT2D eigenvalue weighted by atomic mass is 10.1. The molecular weight excluding hydrogens is 466 g/mol. The largest absolute Gasteiger partial charge is 0.468 e. The number of imide groups is 1. The Morgan fingerprint density at radius 1 is 1.00 bits per heavy atom. The Kier molecular flexibility index (Phi) is 6.21. The highest BCUT2D eigenvalue weighted by atomic mass is 32.2. The quantitative estimate of drug-likeness (QED) is 0.296. The van der Waals surface area contributed by atoms with E-state index in [1.807, 2.05) is 24.3 Å². The van der Waals surface area contributed by atoms with E-state index in [1.165, 1.54) is 31.4 Å². The number of hydrogen-bond acceptors (Lipinski definition) is 8. The summed E-state index contributed by atoms with van der Waals surface area (Å²) in [4.78, 5) is 36.7. The van der Waals surface area contributed by atoms with Crippen LogP contribution in [0.4, 0.5) is 4.79 Å². The van der Waals surface area contributed by atoms with E-state index in [0.29, 0.717) is 17.3 Å². The van der Waals surface area contributed by atoms with E-state index in [2.05, 4.69) is 4.74 Å². The van der Waals surface area contributed by atoms with Crippen molar-refractivity contribution in [3.63, 3.8) is 0 Å². The maximum atomic E-state index is 12.7. The van der Waals surface area contributed by atoms with Gasteiger partial charge in [0, 0.05) is 0 Å². The summed E-state index contributed by atoms with van der Waals surface area (Å²) in [5.74, 6) is -1.21. The normalized spacial score (nSPS) is 15.3. The average molecular weight is 484 g/mol. The highest BCUT2D eigenvalue weighted by Crippen LogP contribution is 2.32. The summed E-state index contributed by atoms with van der Waals surface area (Å²) in [7, 11) is -2.88. The van der Waals surface area contributed by atoms with E-state index >= 15 is 0 Å². The van der Waals surface area contributed by atoms with Gasteiger partial charge in [-0.3, -0.25) is 19.3 Å². The van der Waals surface area contributed by atoms with Crippen molar-refractivity contribution in [2.45, 2.75) is 4.90 Å². The lowest BCUT2D eigenvalue weighted by molar-refractivity contribution is -0.143. The zero-order valence-electron chi connectivity index (χ0n) is 17.3. The molecule has 1 aliphatic rings. The summed E-state index contributed by atoms with van der Waals surface area (Å²) in [6.45, 7) is -0.460. The molecule has 0 N–H and O–H groups in total. The Morgan fingerprint density at radius 2 is 1.70 bits per heavy atom. The number of amides is 2. The molecule has 0 aromatic heterocycles. The van der Waals surface area contributed by atoms with Gasteiger partial charge in [0.2, 0.25) is 0 Å². The van der Waals surface area contributed by atoms with Gasteiger partial charge in [-0.15, -0.1) is 0 Å². The van der Waals surface area contributed by atoms with Crippen molar-refractivity contribution in [2.75, 3.05) is 13.7 Å². The number of hydrogen-bond donors (Lipinski definition) is 0. The van der Waals surface area contributed by atoms with Gasteiger partial charge in [-0.2, -0.15) is 8.42 Å². The van der Waals surface area contributed by atoms with E-state index < -0.39 is 33.8 Å². The second-order valence-corrected chi connectivity index (χ2v) is 9.50. The average Bonchev–Trinajstić information content (AvgIpc) is 3.07. The van der Waals surface area contributed by atoms with Crippen LogP contribution in [0.3, 0.4) is 0 Å². The molecule has 4 rings (SSSR count). The summed E-state index contributed by atoms with van der Waals surface area (Å²) < 4.78 is 35.1. The summed E-state index contributed by atoms with van der Waals surface area (Å²) in [5, 5.41) is 1.12. The van der Waals surface area contributed by atoms with Crippen molar-refractivity contribution in [2.24, 2.45) is 0 Å². The lowest BCUT2D eigenvalue weighted by Gasteiger charge is -2.09. The molecule has 3 aromatic carbocycles. The summed E-state index contributed by atoms with van der Waals surface area (Å²) >= 11 is 0.705. The van der Waals surface area contributed by atoms with Crippen molar-refractivity contribution in [3.8, 4) is 5.75 Å². The number of methoxy groups -OCH3 is 1. The third-order valence-corrected chi connectivity index (χ3v) is 6.93.